The molecule has 0 fully saturated rings. The molecule has 1 amide bonds. The van der Waals surface area contributed by atoms with Crippen LogP contribution in [0, 0.1) is 0 Å². The number of fused-ring (bicyclic) bond motifs is 1. The zero-order chi connectivity index (χ0) is 21.8. The molecule has 1 aliphatic rings. The number of anilines is 1. The van der Waals surface area contributed by atoms with Crippen molar-refractivity contribution in [2.75, 3.05) is 11.9 Å². The van der Waals surface area contributed by atoms with E-state index in [1.54, 1.807) is 6.92 Å². The molecule has 5 heteroatoms. The second-order valence-electron chi connectivity index (χ2n) is 7.90. The first-order chi connectivity index (χ1) is 15.1. The molecule has 1 aromatic heterocycles. The molecule has 31 heavy (non-hydrogen) atoms. The molecule has 4 rings (SSSR count). The van der Waals surface area contributed by atoms with Gasteiger partial charge in [-0.2, -0.15) is 0 Å². The highest BCUT2D eigenvalue weighted by atomic mass is 32.1. The Hall–Kier alpha value is -2.92. The van der Waals surface area contributed by atoms with E-state index in [2.05, 4.69) is 12.2 Å². The van der Waals surface area contributed by atoms with Gasteiger partial charge >= 0.3 is 5.97 Å². The van der Waals surface area contributed by atoms with Gasteiger partial charge in [-0.15, -0.1) is 11.3 Å². The van der Waals surface area contributed by atoms with Gasteiger partial charge in [-0.3, -0.25) is 4.79 Å². The predicted molar refractivity (Wildman–Crippen MR) is 125 cm³/mol. The Morgan fingerprint density at radius 3 is 2.26 bits per heavy atom. The smallest absolute Gasteiger partial charge is 0.341 e. The van der Waals surface area contributed by atoms with Crippen molar-refractivity contribution in [1.29, 1.82) is 0 Å². The topological polar surface area (TPSA) is 55.4 Å². The molecule has 0 radical (unpaired) electrons. The van der Waals surface area contributed by atoms with Crippen molar-refractivity contribution in [2.24, 2.45) is 0 Å². The van der Waals surface area contributed by atoms with Crippen LogP contribution in [0.2, 0.25) is 0 Å². The molecule has 1 atom stereocenters. The van der Waals surface area contributed by atoms with Gasteiger partial charge in [-0.25, -0.2) is 4.79 Å². The van der Waals surface area contributed by atoms with E-state index in [0.717, 1.165) is 36.0 Å². The first-order valence-corrected chi connectivity index (χ1v) is 11.6. The molecular formula is C26H27NO3S. The van der Waals surface area contributed by atoms with E-state index in [-0.39, 0.29) is 17.8 Å². The van der Waals surface area contributed by atoms with Gasteiger partial charge < -0.3 is 10.1 Å². The minimum atomic E-state index is -0.464. The van der Waals surface area contributed by atoms with Crippen LogP contribution in [-0.2, 0) is 16.0 Å². The lowest BCUT2D eigenvalue weighted by Crippen LogP contribution is -2.23. The van der Waals surface area contributed by atoms with E-state index in [0.29, 0.717) is 17.2 Å². The number of hydrogen-bond acceptors (Lipinski definition) is 4. The second-order valence-corrected chi connectivity index (χ2v) is 9.01. The normalized spacial score (nSPS) is 15.4. The molecule has 1 N–H and O–H groups in total. The highest BCUT2D eigenvalue weighted by molar-refractivity contribution is 7.17. The van der Waals surface area contributed by atoms with Crippen LogP contribution in [0.4, 0.5) is 5.00 Å². The van der Waals surface area contributed by atoms with Gasteiger partial charge in [0.1, 0.15) is 5.00 Å². The number of nitrogens with one attached hydrogen (secondary N) is 1. The molecule has 0 aliphatic heterocycles. The van der Waals surface area contributed by atoms with Crippen LogP contribution in [0.25, 0.3) is 0 Å². The molecule has 1 unspecified atom stereocenters. The van der Waals surface area contributed by atoms with E-state index in [9.17, 15) is 9.59 Å². The Morgan fingerprint density at radius 1 is 1.06 bits per heavy atom. The molecule has 0 saturated carbocycles. The van der Waals surface area contributed by atoms with Gasteiger partial charge in [0.05, 0.1) is 18.1 Å². The summed E-state index contributed by atoms with van der Waals surface area (Å²) in [5.74, 6) is -0.674. The Labute approximate surface area is 187 Å². The van der Waals surface area contributed by atoms with Gasteiger partial charge in [0.2, 0.25) is 5.91 Å². The zero-order valence-electron chi connectivity index (χ0n) is 17.9. The second kappa shape index (κ2) is 9.48. The summed E-state index contributed by atoms with van der Waals surface area (Å²) >= 11 is 1.52. The number of esters is 1. The highest BCUT2D eigenvalue weighted by Crippen LogP contribution is 2.44. The molecule has 1 heterocycles. The van der Waals surface area contributed by atoms with E-state index in [1.807, 2.05) is 60.7 Å². The van der Waals surface area contributed by atoms with Gasteiger partial charge in [0.25, 0.3) is 0 Å². The molecule has 0 saturated heterocycles. The summed E-state index contributed by atoms with van der Waals surface area (Å²) in [7, 11) is 0. The maximum Gasteiger partial charge on any atom is 0.341 e. The van der Waals surface area contributed by atoms with Crippen molar-refractivity contribution in [1.82, 2.24) is 0 Å². The summed E-state index contributed by atoms with van der Waals surface area (Å²) in [5, 5.41) is 3.71. The third kappa shape index (κ3) is 4.42. The van der Waals surface area contributed by atoms with Crippen LogP contribution >= 0.6 is 11.3 Å². The molecule has 4 nitrogen and oxygen atoms in total. The number of carbonyl (C=O) groups excluding carboxylic acids is 2. The van der Waals surface area contributed by atoms with Crippen molar-refractivity contribution in [3.63, 3.8) is 0 Å². The van der Waals surface area contributed by atoms with Crippen molar-refractivity contribution < 1.29 is 14.3 Å². The largest absolute Gasteiger partial charge is 0.462 e. The molecule has 0 spiro atoms. The maximum atomic E-state index is 13.6. The lowest BCUT2D eigenvalue weighted by Gasteiger charge is -2.20. The molecule has 3 aromatic rings. The fourth-order valence-corrected chi connectivity index (χ4v) is 5.73. The van der Waals surface area contributed by atoms with Gasteiger partial charge in [-0.1, -0.05) is 67.6 Å². The Bertz CT molecular complexity index is 1020. The summed E-state index contributed by atoms with van der Waals surface area (Å²) in [5.41, 5.74) is 3.43. The lowest BCUT2D eigenvalue weighted by atomic mass is 9.86. The average Bonchev–Trinajstić information content (AvgIpc) is 3.15. The Balaban J connectivity index is 1.73. The fourth-order valence-electron chi connectivity index (χ4n) is 4.38. The third-order valence-electron chi connectivity index (χ3n) is 5.80. The molecule has 1 aliphatic carbocycles. The maximum absolute atomic E-state index is 13.6. The van der Waals surface area contributed by atoms with E-state index >= 15 is 0 Å². The number of aryl methyl sites for hydroxylation is 1. The van der Waals surface area contributed by atoms with Crippen molar-refractivity contribution >= 4 is 28.2 Å². The first-order valence-electron chi connectivity index (χ1n) is 10.8. The Morgan fingerprint density at radius 2 is 1.68 bits per heavy atom. The van der Waals surface area contributed by atoms with Crippen LogP contribution in [0.5, 0.6) is 0 Å². The summed E-state index contributed by atoms with van der Waals surface area (Å²) in [6.07, 6.45) is 3.08. The highest BCUT2D eigenvalue weighted by Gasteiger charge is 2.32. The van der Waals surface area contributed by atoms with Crippen molar-refractivity contribution in [3.8, 4) is 0 Å². The lowest BCUT2D eigenvalue weighted by molar-refractivity contribution is -0.116. The summed E-state index contributed by atoms with van der Waals surface area (Å²) < 4.78 is 5.37. The van der Waals surface area contributed by atoms with Gasteiger partial charge in [0, 0.05) is 4.88 Å². The van der Waals surface area contributed by atoms with Gasteiger partial charge in [-0.05, 0) is 48.8 Å². The molecule has 160 valence electrons. The Kier molecular flexibility index (Phi) is 6.52. The standard InChI is InChI=1S/C26H27NO3S/c1-3-30-26(29)23-21-17(2)11-10-16-20(21)31-25(23)27-24(28)22(18-12-6-4-7-13-18)19-14-8-5-9-15-19/h4-9,12-15,17,22H,3,10-11,16H2,1-2H3,(H,27,28). The quantitative estimate of drug-likeness (QED) is 0.475. The van der Waals surface area contributed by atoms with E-state index < -0.39 is 5.92 Å². The van der Waals surface area contributed by atoms with Crippen LogP contribution in [-0.4, -0.2) is 18.5 Å². The molecule has 0 bridgehead atoms. The number of amides is 1. The zero-order valence-corrected chi connectivity index (χ0v) is 18.7. The minimum Gasteiger partial charge on any atom is -0.462 e. The minimum absolute atomic E-state index is 0.144. The average molecular weight is 434 g/mol. The monoisotopic (exact) mass is 433 g/mol. The predicted octanol–water partition coefficient (Wildman–Crippen LogP) is 6.14. The fraction of sp³-hybridized carbons (Fsp3) is 0.308. The van der Waals surface area contributed by atoms with Crippen LogP contribution in [0.15, 0.2) is 60.7 Å². The van der Waals surface area contributed by atoms with Crippen LogP contribution in [0.1, 0.15) is 70.5 Å². The van der Waals surface area contributed by atoms with Crippen LogP contribution in [0.3, 0.4) is 0 Å². The van der Waals surface area contributed by atoms with E-state index in [4.69, 9.17) is 4.74 Å². The molecular weight excluding hydrogens is 406 g/mol. The van der Waals surface area contributed by atoms with E-state index in [1.165, 1.54) is 16.2 Å². The van der Waals surface area contributed by atoms with Gasteiger partial charge in [0.15, 0.2) is 0 Å². The number of carbonyl (C=O) groups is 2. The van der Waals surface area contributed by atoms with Crippen molar-refractivity contribution in [2.45, 2.75) is 44.9 Å². The number of ether oxygens (including phenoxy) is 1. The summed E-state index contributed by atoms with van der Waals surface area (Å²) in [6, 6.07) is 19.5. The number of rotatable bonds is 6. The van der Waals surface area contributed by atoms with Crippen molar-refractivity contribution in [3.05, 3.63) is 87.8 Å². The SMILES string of the molecule is CCOC(=O)c1c(NC(=O)C(c2ccccc2)c2ccccc2)sc2c1C(C)CCC2. The van der Waals surface area contributed by atoms with Crippen LogP contribution < -0.4 is 5.32 Å². The molecule has 2 aromatic carbocycles. The summed E-state index contributed by atoms with van der Waals surface area (Å²) in [6.45, 7) is 4.26. The summed E-state index contributed by atoms with van der Waals surface area (Å²) in [4.78, 5) is 27.6. The number of hydrogen-bond donors (Lipinski definition) is 1. The first kappa shape index (κ1) is 21.3. The number of thiophene rings is 1. The third-order valence-corrected chi connectivity index (χ3v) is 6.98. The number of benzene rings is 2.